The molecular formula is C18H17N3O5. The minimum Gasteiger partial charge on any atom is -0.451 e. The van der Waals surface area contributed by atoms with Gasteiger partial charge in [0.05, 0.1) is 13.2 Å². The Hall–Kier alpha value is -3.29. The van der Waals surface area contributed by atoms with Crippen LogP contribution in [0.25, 0.3) is 0 Å². The minimum absolute atomic E-state index is 0.183. The van der Waals surface area contributed by atoms with E-state index in [0.29, 0.717) is 0 Å². The molecule has 0 aliphatic carbocycles. The Morgan fingerprint density at radius 2 is 1.96 bits per heavy atom. The van der Waals surface area contributed by atoms with Crippen LogP contribution >= 0.6 is 0 Å². The van der Waals surface area contributed by atoms with Gasteiger partial charge in [-0.15, -0.1) is 0 Å². The van der Waals surface area contributed by atoms with E-state index < -0.39 is 24.3 Å². The standard InChI is InChI=1S/C18H17N3O5/c1-25-17(23)19-10-6-5-9-13-15(16(22)21(13)19)20-14(11-26-18(20)24)12-7-3-2-4-8-12/h2-10,13-15H,11H2,1H3/t13-,14+,15-/m1/s1. The lowest BCUT2D eigenvalue weighted by Gasteiger charge is -2.51. The molecule has 0 bridgehead atoms. The molecule has 4 rings (SSSR count). The highest BCUT2D eigenvalue weighted by atomic mass is 16.6. The Morgan fingerprint density at radius 3 is 2.69 bits per heavy atom. The molecule has 0 aromatic heterocycles. The van der Waals surface area contributed by atoms with Crippen molar-refractivity contribution >= 4 is 18.1 Å². The Kier molecular flexibility index (Phi) is 3.87. The average Bonchev–Trinajstić information content (AvgIpc) is 2.92. The van der Waals surface area contributed by atoms with E-state index in [4.69, 9.17) is 9.47 Å². The van der Waals surface area contributed by atoms with Gasteiger partial charge < -0.3 is 9.47 Å². The van der Waals surface area contributed by atoms with E-state index in [2.05, 4.69) is 0 Å². The molecule has 26 heavy (non-hydrogen) atoms. The van der Waals surface area contributed by atoms with Crippen molar-refractivity contribution in [3.8, 4) is 0 Å². The summed E-state index contributed by atoms with van der Waals surface area (Å²) in [4.78, 5) is 38.6. The number of cyclic esters (lactones) is 1. The molecule has 3 heterocycles. The Balaban J connectivity index is 1.65. The van der Waals surface area contributed by atoms with Crippen LogP contribution in [0.2, 0.25) is 0 Å². The van der Waals surface area contributed by atoms with Crippen LogP contribution in [0, 0.1) is 0 Å². The summed E-state index contributed by atoms with van der Waals surface area (Å²) in [6.45, 7) is 0.183. The van der Waals surface area contributed by atoms with Crippen LogP contribution in [0.5, 0.6) is 0 Å². The number of β-lactam (4-membered cyclic amide) rings is 1. The van der Waals surface area contributed by atoms with E-state index in [-0.39, 0.29) is 18.6 Å². The topological polar surface area (TPSA) is 79.4 Å². The van der Waals surface area contributed by atoms with Crippen LogP contribution in [0.1, 0.15) is 11.6 Å². The summed E-state index contributed by atoms with van der Waals surface area (Å²) < 4.78 is 9.94. The highest BCUT2D eigenvalue weighted by molar-refractivity contribution is 5.95. The predicted octanol–water partition coefficient (Wildman–Crippen LogP) is 1.83. The zero-order valence-corrected chi connectivity index (χ0v) is 14.0. The van der Waals surface area contributed by atoms with Gasteiger partial charge in [-0.2, -0.15) is 5.01 Å². The molecule has 134 valence electrons. The number of allylic oxidation sites excluding steroid dienone is 2. The van der Waals surface area contributed by atoms with Crippen LogP contribution in [0.4, 0.5) is 9.59 Å². The smallest absolute Gasteiger partial charge is 0.432 e. The van der Waals surface area contributed by atoms with Crippen LogP contribution in [-0.4, -0.2) is 58.8 Å². The zero-order chi connectivity index (χ0) is 18.3. The molecule has 3 aliphatic rings. The Labute approximate surface area is 149 Å². The van der Waals surface area contributed by atoms with E-state index in [1.807, 2.05) is 30.3 Å². The van der Waals surface area contributed by atoms with Gasteiger partial charge in [0.25, 0.3) is 5.91 Å². The Morgan fingerprint density at radius 1 is 1.19 bits per heavy atom. The third-order valence-corrected chi connectivity index (χ3v) is 4.72. The summed E-state index contributed by atoms with van der Waals surface area (Å²) in [5, 5.41) is 2.40. The number of hydrogen-bond acceptors (Lipinski definition) is 5. The summed E-state index contributed by atoms with van der Waals surface area (Å²) in [5.74, 6) is -0.364. The average molecular weight is 355 g/mol. The first kappa shape index (κ1) is 16.2. The first-order chi connectivity index (χ1) is 12.6. The lowest BCUT2D eigenvalue weighted by molar-refractivity contribution is -0.174. The third-order valence-electron chi connectivity index (χ3n) is 4.72. The molecule has 0 unspecified atom stereocenters. The number of hydrogen-bond donors (Lipinski definition) is 0. The summed E-state index contributed by atoms with van der Waals surface area (Å²) in [5.41, 5.74) is 0.894. The molecule has 1 aromatic rings. The van der Waals surface area contributed by atoms with Gasteiger partial charge in [0.15, 0.2) is 0 Å². The number of ether oxygens (including phenoxy) is 2. The first-order valence-electron chi connectivity index (χ1n) is 8.18. The number of carbonyl (C=O) groups excluding carboxylic acids is 3. The van der Waals surface area contributed by atoms with Crippen molar-refractivity contribution < 1.29 is 23.9 Å². The van der Waals surface area contributed by atoms with Gasteiger partial charge in [-0.25, -0.2) is 14.6 Å². The molecule has 3 atom stereocenters. The summed E-state index contributed by atoms with van der Waals surface area (Å²) in [7, 11) is 1.24. The SMILES string of the molecule is COC(=O)N1C=CC=C[C@@H]2[C@@H](N3C(=O)OC[C@H]3c3ccccc3)C(=O)N21. The fourth-order valence-corrected chi connectivity index (χ4v) is 3.50. The van der Waals surface area contributed by atoms with Gasteiger partial charge in [-0.05, 0) is 11.6 Å². The van der Waals surface area contributed by atoms with Crippen molar-refractivity contribution in [2.45, 2.75) is 18.1 Å². The monoisotopic (exact) mass is 355 g/mol. The highest BCUT2D eigenvalue weighted by Gasteiger charge is 2.58. The summed E-state index contributed by atoms with van der Waals surface area (Å²) in [6, 6.07) is 7.86. The minimum atomic E-state index is -0.737. The van der Waals surface area contributed by atoms with E-state index in [9.17, 15) is 14.4 Å². The zero-order valence-electron chi connectivity index (χ0n) is 14.0. The molecule has 2 saturated heterocycles. The Bertz CT molecular complexity index is 806. The maximum atomic E-state index is 12.8. The second-order valence-electron chi connectivity index (χ2n) is 6.07. The van der Waals surface area contributed by atoms with Gasteiger partial charge in [-0.1, -0.05) is 42.5 Å². The van der Waals surface area contributed by atoms with Crippen molar-refractivity contribution in [2.75, 3.05) is 13.7 Å². The van der Waals surface area contributed by atoms with Crippen molar-refractivity contribution in [1.29, 1.82) is 0 Å². The van der Waals surface area contributed by atoms with Crippen molar-refractivity contribution in [3.63, 3.8) is 0 Å². The first-order valence-corrected chi connectivity index (χ1v) is 8.18. The van der Waals surface area contributed by atoms with Crippen molar-refractivity contribution in [3.05, 3.63) is 60.3 Å². The molecular weight excluding hydrogens is 338 g/mol. The number of nitrogens with zero attached hydrogens (tertiary/aromatic N) is 3. The largest absolute Gasteiger partial charge is 0.451 e. The van der Waals surface area contributed by atoms with E-state index >= 15 is 0 Å². The molecule has 8 heteroatoms. The van der Waals surface area contributed by atoms with E-state index in [1.54, 1.807) is 18.2 Å². The van der Waals surface area contributed by atoms with Crippen LogP contribution in [-0.2, 0) is 14.3 Å². The summed E-state index contributed by atoms with van der Waals surface area (Å²) in [6.07, 6.45) is 5.39. The molecule has 0 saturated carbocycles. The molecule has 1 aromatic carbocycles. The molecule has 3 aliphatic heterocycles. The van der Waals surface area contributed by atoms with Gasteiger partial charge in [-0.3, -0.25) is 9.69 Å². The number of benzene rings is 1. The van der Waals surface area contributed by atoms with Crippen LogP contribution < -0.4 is 0 Å². The highest BCUT2D eigenvalue weighted by Crippen LogP contribution is 2.38. The van der Waals surface area contributed by atoms with Crippen molar-refractivity contribution in [2.24, 2.45) is 0 Å². The maximum absolute atomic E-state index is 12.8. The number of methoxy groups -OCH3 is 1. The lowest BCUT2D eigenvalue weighted by atomic mass is 9.93. The molecule has 3 amide bonds. The lowest BCUT2D eigenvalue weighted by Crippen LogP contribution is -2.74. The molecule has 8 nitrogen and oxygen atoms in total. The van der Waals surface area contributed by atoms with Gasteiger partial charge >= 0.3 is 12.2 Å². The van der Waals surface area contributed by atoms with Crippen molar-refractivity contribution in [1.82, 2.24) is 14.9 Å². The fourth-order valence-electron chi connectivity index (χ4n) is 3.50. The second-order valence-corrected chi connectivity index (χ2v) is 6.07. The maximum Gasteiger partial charge on any atom is 0.432 e. The molecule has 0 N–H and O–H groups in total. The molecule has 0 radical (unpaired) electrons. The van der Waals surface area contributed by atoms with E-state index in [0.717, 1.165) is 10.6 Å². The number of hydrazine groups is 1. The number of fused-ring (bicyclic) bond motifs is 1. The predicted molar refractivity (Wildman–Crippen MR) is 89.3 cm³/mol. The van der Waals surface area contributed by atoms with Crippen LogP contribution in [0.3, 0.4) is 0 Å². The third kappa shape index (κ3) is 2.33. The molecule has 0 spiro atoms. The molecule has 2 fully saturated rings. The number of rotatable bonds is 2. The summed E-state index contributed by atoms with van der Waals surface area (Å²) >= 11 is 0. The van der Waals surface area contributed by atoms with Gasteiger partial charge in [0.2, 0.25) is 0 Å². The number of carbonyl (C=O) groups is 3. The van der Waals surface area contributed by atoms with Gasteiger partial charge in [0, 0.05) is 6.20 Å². The quantitative estimate of drug-likeness (QED) is 0.756. The van der Waals surface area contributed by atoms with Crippen LogP contribution in [0.15, 0.2) is 54.8 Å². The van der Waals surface area contributed by atoms with E-state index in [1.165, 1.54) is 23.2 Å². The van der Waals surface area contributed by atoms with Gasteiger partial charge in [0.1, 0.15) is 18.7 Å². The fraction of sp³-hybridized carbons (Fsp3) is 0.278. The normalized spacial score (nSPS) is 27.0. The second kappa shape index (κ2) is 6.21. The number of amides is 3.